The van der Waals surface area contributed by atoms with Gasteiger partial charge in [-0.15, -0.1) is 10.2 Å². The molecule has 2 heterocycles. The van der Waals surface area contributed by atoms with Gasteiger partial charge in [0.2, 0.25) is 11.3 Å². The van der Waals surface area contributed by atoms with Crippen molar-refractivity contribution in [3.63, 3.8) is 0 Å². The quantitative estimate of drug-likeness (QED) is 0.703. The topological polar surface area (TPSA) is 84.7 Å². The first-order chi connectivity index (χ1) is 8.79. The first-order valence-electron chi connectivity index (χ1n) is 5.58. The Balaban J connectivity index is 0.00000133. The minimum Gasteiger partial charge on any atom is -0.463 e. The molecule has 0 spiro atoms. The van der Waals surface area contributed by atoms with Gasteiger partial charge in [-0.2, -0.15) is 5.21 Å². The van der Waals surface area contributed by atoms with Crippen LogP contribution in [0.3, 0.4) is 0 Å². The van der Waals surface area contributed by atoms with E-state index in [2.05, 4.69) is 20.6 Å². The molecule has 91 valence electrons. The number of aromatic nitrogens is 4. The molecule has 0 saturated carbocycles. The molecule has 0 fully saturated rings. The maximum absolute atomic E-state index is 12.3. The van der Waals surface area contributed by atoms with Crippen LogP contribution < -0.4 is 5.43 Å². The van der Waals surface area contributed by atoms with Crippen molar-refractivity contribution >= 4 is 40.5 Å². The van der Waals surface area contributed by atoms with Gasteiger partial charge in [0.15, 0.2) is 0 Å². The van der Waals surface area contributed by atoms with Crippen LogP contribution in [-0.2, 0) is 6.42 Å². The van der Waals surface area contributed by atoms with E-state index in [1.807, 2.05) is 19.1 Å². The smallest absolute Gasteiger partial charge is 0.211 e. The molecule has 1 aromatic carbocycles. The number of fused-ring (bicyclic) bond motifs is 1. The largest absolute Gasteiger partial charge is 0.463 e. The number of tetrazole rings is 1. The summed E-state index contributed by atoms with van der Waals surface area (Å²) in [5, 5.41) is 13.9. The minimum atomic E-state index is -0.145. The summed E-state index contributed by atoms with van der Waals surface area (Å²) in [6.07, 6.45) is 2.23. The van der Waals surface area contributed by atoms with Crippen LogP contribution in [0.1, 0.15) is 12.5 Å². The number of H-pyrrole nitrogens is 1. The van der Waals surface area contributed by atoms with Gasteiger partial charge in [0.05, 0.1) is 5.39 Å². The molecule has 0 aliphatic rings. The predicted molar refractivity (Wildman–Crippen MR) is 70.8 cm³/mol. The van der Waals surface area contributed by atoms with E-state index in [9.17, 15) is 4.79 Å². The Labute approximate surface area is 130 Å². The minimum absolute atomic E-state index is 0. The van der Waals surface area contributed by atoms with Crippen LogP contribution in [0.5, 0.6) is 0 Å². The van der Waals surface area contributed by atoms with Crippen LogP contribution in [0, 0.1) is 0 Å². The number of rotatable bonds is 2. The molecular weight excluding hydrogens is 255 g/mol. The predicted octanol–water partition coefficient (Wildman–Crippen LogP) is 1.15. The van der Waals surface area contributed by atoms with Crippen molar-refractivity contribution in [3.8, 4) is 11.4 Å². The molecule has 0 aliphatic carbocycles. The summed E-state index contributed by atoms with van der Waals surface area (Å²) in [5.41, 5.74) is 1.81. The third-order valence-electron chi connectivity index (χ3n) is 2.83. The number of aryl methyl sites for hydroxylation is 1. The number of nitrogens with one attached hydrogen (secondary N) is 1. The maximum Gasteiger partial charge on any atom is 0.211 e. The number of hydrogen-bond acceptors (Lipinski definition) is 5. The van der Waals surface area contributed by atoms with Crippen LogP contribution in [-0.4, -0.2) is 50.2 Å². The summed E-state index contributed by atoms with van der Waals surface area (Å²) in [4.78, 5) is 12.3. The molecule has 7 heteroatoms. The Hall–Kier alpha value is -1.50. The van der Waals surface area contributed by atoms with Gasteiger partial charge in [0, 0.05) is 29.6 Å². The van der Waals surface area contributed by atoms with Gasteiger partial charge in [-0.05, 0) is 29.3 Å². The number of aromatic amines is 1. The molecule has 1 N–H and O–H groups in total. The number of nitrogens with zero attached hydrogens (tertiary/aromatic N) is 3. The monoisotopic (exact) mass is 265 g/mol. The van der Waals surface area contributed by atoms with Gasteiger partial charge in [-0.3, -0.25) is 4.79 Å². The van der Waals surface area contributed by atoms with Gasteiger partial charge < -0.3 is 4.42 Å². The van der Waals surface area contributed by atoms with Gasteiger partial charge in [0.25, 0.3) is 0 Å². The fourth-order valence-corrected chi connectivity index (χ4v) is 1.83. The van der Waals surface area contributed by atoms with Crippen LogP contribution in [0.25, 0.3) is 22.4 Å². The van der Waals surface area contributed by atoms with Crippen molar-refractivity contribution in [3.05, 3.63) is 40.2 Å². The van der Waals surface area contributed by atoms with E-state index in [1.54, 1.807) is 6.07 Å². The number of benzene rings is 1. The van der Waals surface area contributed by atoms with Crippen LogP contribution in [0.2, 0.25) is 0 Å². The third kappa shape index (κ3) is 2.47. The fourth-order valence-electron chi connectivity index (χ4n) is 1.83. The molecule has 0 saturated heterocycles. The van der Waals surface area contributed by atoms with E-state index in [0.29, 0.717) is 16.5 Å². The van der Waals surface area contributed by atoms with E-state index in [4.69, 9.17) is 4.42 Å². The Morgan fingerprint density at radius 2 is 2.21 bits per heavy atom. The fraction of sp³-hybridized carbons (Fsp3) is 0.167. The van der Waals surface area contributed by atoms with E-state index >= 15 is 0 Å². The molecule has 0 bridgehead atoms. The van der Waals surface area contributed by atoms with Gasteiger partial charge in [-0.25, -0.2) is 0 Å². The van der Waals surface area contributed by atoms with E-state index < -0.39 is 0 Å². The molecule has 6 nitrogen and oxygen atoms in total. The molecule has 3 aromatic rings. The van der Waals surface area contributed by atoms with E-state index in [0.717, 1.165) is 12.0 Å². The summed E-state index contributed by atoms with van der Waals surface area (Å²) in [6, 6.07) is 5.58. The summed E-state index contributed by atoms with van der Waals surface area (Å²) in [6.45, 7) is 2.03. The second-order valence-electron chi connectivity index (χ2n) is 3.90. The Morgan fingerprint density at radius 3 is 2.89 bits per heavy atom. The van der Waals surface area contributed by atoms with Crippen molar-refractivity contribution in [2.75, 3.05) is 0 Å². The zero-order valence-corrected chi connectivity index (χ0v) is 12.7. The Bertz CT molecular complexity index is 752. The molecule has 1 radical (unpaired) electrons. The summed E-state index contributed by atoms with van der Waals surface area (Å²) in [7, 11) is 0. The van der Waals surface area contributed by atoms with Crippen molar-refractivity contribution < 1.29 is 4.42 Å². The van der Waals surface area contributed by atoms with Crippen molar-refractivity contribution in [2.45, 2.75) is 13.3 Å². The molecule has 0 amide bonds. The van der Waals surface area contributed by atoms with Crippen molar-refractivity contribution in [1.29, 1.82) is 0 Å². The molecule has 3 rings (SSSR count). The Morgan fingerprint density at radius 1 is 1.37 bits per heavy atom. The summed E-state index contributed by atoms with van der Waals surface area (Å²) in [5.74, 6) is 0.243. The van der Waals surface area contributed by atoms with E-state index in [-0.39, 0.29) is 40.8 Å². The molecule has 0 atom stereocenters. The zero-order chi connectivity index (χ0) is 12.5. The van der Waals surface area contributed by atoms with Gasteiger partial charge in [-0.1, -0.05) is 13.0 Å². The second kappa shape index (κ2) is 5.64. The standard InChI is InChI=1S/C12H10N4O2.Na/c1-2-7-3-4-10-8(5-7)11(17)9(6-18-10)12-13-15-16-14-12;/h3-6H,2H2,1H3,(H,13,14,15,16);. The molecule has 2 aromatic heterocycles. The van der Waals surface area contributed by atoms with Gasteiger partial charge in [0.1, 0.15) is 17.4 Å². The molecule has 19 heavy (non-hydrogen) atoms. The first kappa shape index (κ1) is 13.9. The number of hydrogen-bond donors (Lipinski definition) is 1. The molecule has 0 aliphatic heterocycles. The summed E-state index contributed by atoms with van der Waals surface area (Å²) >= 11 is 0. The maximum atomic E-state index is 12.3. The molecular formula is C12H10N4NaO2. The van der Waals surface area contributed by atoms with Crippen LogP contribution >= 0.6 is 0 Å². The SMILES string of the molecule is CCc1ccc2occ(-c3nn[nH]n3)c(=O)c2c1.[Na]. The van der Waals surface area contributed by atoms with Crippen molar-refractivity contribution in [2.24, 2.45) is 0 Å². The van der Waals surface area contributed by atoms with Gasteiger partial charge >= 0.3 is 0 Å². The Kier molecular flexibility index (Phi) is 4.14. The van der Waals surface area contributed by atoms with Crippen LogP contribution in [0.4, 0.5) is 0 Å². The average Bonchev–Trinajstić information content (AvgIpc) is 2.93. The van der Waals surface area contributed by atoms with E-state index in [1.165, 1.54) is 6.26 Å². The van der Waals surface area contributed by atoms with Crippen molar-refractivity contribution in [1.82, 2.24) is 20.6 Å². The first-order valence-corrected chi connectivity index (χ1v) is 5.58. The summed E-state index contributed by atoms with van der Waals surface area (Å²) < 4.78 is 5.43. The second-order valence-corrected chi connectivity index (χ2v) is 3.90. The zero-order valence-electron chi connectivity index (χ0n) is 10.7. The van der Waals surface area contributed by atoms with Crippen LogP contribution in [0.15, 0.2) is 33.7 Å². The normalized spacial score (nSPS) is 10.4. The average molecular weight is 265 g/mol. The molecule has 0 unspecified atom stereocenters. The third-order valence-corrected chi connectivity index (χ3v) is 2.83.